The molecular formula is C11H15NO2. The van der Waals surface area contributed by atoms with Gasteiger partial charge in [-0.15, -0.1) is 0 Å². The lowest BCUT2D eigenvalue weighted by Crippen LogP contribution is -2.22. The van der Waals surface area contributed by atoms with E-state index in [9.17, 15) is 4.79 Å². The molecule has 1 rings (SSSR count). The van der Waals surface area contributed by atoms with Crippen molar-refractivity contribution in [3.63, 3.8) is 0 Å². The lowest BCUT2D eigenvalue weighted by molar-refractivity contribution is -0.141. The maximum absolute atomic E-state index is 11.1. The highest BCUT2D eigenvalue weighted by molar-refractivity contribution is 5.82. The van der Waals surface area contributed by atoms with E-state index in [-0.39, 0.29) is 5.97 Å². The Morgan fingerprint density at radius 1 is 1.64 bits per heavy atom. The molecule has 0 saturated heterocycles. The minimum absolute atomic E-state index is 0.292. The van der Waals surface area contributed by atoms with Crippen molar-refractivity contribution in [2.75, 3.05) is 0 Å². The molecule has 2 N–H and O–H groups in total. The molecule has 0 fully saturated rings. The molecule has 0 aromatic heterocycles. The first-order valence-corrected chi connectivity index (χ1v) is 4.66. The van der Waals surface area contributed by atoms with E-state index in [4.69, 9.17) is 10.5 Å². The standard InChI is InChI=1S/C11H15NO2/c1-9(12)14-11(13)8-7-10-5-3-2-4-6-10/h2-5,7-10H,6,12H2,1H3/b8-7+. The fourth-order valence-corrected chi connectivity index (χ4v) is 1.17. The zero-order valence-corrected chi connectivity index (χ0v) is 8.22. The molecular weight excluding hydrogens is 178 g/mol. The molecule has 0 bridgehead atoms. The summed E-state index contributed by atoms with van der Waals surface area (Å²) in [7, 11) is 0. The lowest BCUT2D eigenvalue weighted by Gasteiger charge is -2.07. The highest BCUT2D eigenvalue weighted by Crippen LogP contribution is 2.12. The molecule has 0 radical (unpaired) electrons. The van der Waals surface area contributed by atoms with Gasteiger partial charge in [-0.05, 0) is 19.3 Å². The topological polar surface area (TPSA) is 52.3 Å². The number of nitrogens with two attached hydrogens (primary N) is 1. The van der Waals surface area contributed by atoms with Crippen molar-refractivity contribution in [1.82, 2.24) is 0 Å². The van der Waals surface area contributed by atoms with Crippen LogP contribution < -0.4 is 5.73 Å². The Morgan fingerprint density at radius 3 is 3.00 bits per heavy atom. The fourth-order valence-electron chi connectivity index (χ4n) is 1.17. The molecule has 1 aliphatic carbocycles. The van der Waals surface area contributed by atoms with E-state index in [2.05, 4.69) is 6.08 Å². The second kappa shape index (κ2) is 5.40. The maximum Gasteiger partial charge on any atom is 0.331 e. The molecule has 3 nitrogen and oxygen atoms in total. The second-order valence-corrected chi connectivity index (χ2v) is 3.21. The predicted octanol–water partition coefficient (Wildman–Crippen LogP) is 1.52. The van der Waals surface area contributed by atoms with Gasteiger partial charge in [-0.25, -0.2) is 4.79 Å². The number of carbonyl (C=O) groups is 1. The number of ether oxygens (including phenoxy) is 1. The first kappa shape index (κ1) is 10.7. The van der Waals surface area contributed by atoms with Crippen LogP contribution in [-0.2, 0) is 9.53 Å². The van der Waals surface area contributed by atoms with E-state index in [0.29, 0.717) is 5.92 Å². The van der Waals surface area contributed by atoms with Gasteiger partial charge in [0.25, 0.3) is 0 Å². The Bertz CT molecular complexity index is 277. The molecule has 14 heavy (non-hydrogen) atoms. The van der Waals surface area contributed by atoms with Crippen LogP contribution in [0.2, 0.25) is 0 Å². The van der Waals surface area contributed by atoms with Gasteiger partial charge in [0.1, 0.15) is 6.23 Å². The Balaban J connectivity index is 2.35. The normalized spacial score (nSPS) is 22.6. The van der Waals surface area contributed by atoms with Gasteiger partial charge in [-0.1, -0.05) is 30.4 Å². The molecule has 0 heterocycles. The summed E-state index contributed by atoms with van der Waals surface area (Å²) in [5.41, 5.74) is 5.30. The van der Waals surface area contributed by atoms with Crippen LogP contribution in [-0.4, -0.2) is 12.2 Å². The summed E-state index contributed by atoms with van der Waals surface area (Å²) in [4.78, 5) is 11.1. The van der Waals surface area contributed by atoms with Crippen molar-refractivity contribution in [1.29, 1.82) is 0 Å². The fraction of sp³-hybridized carbons (Fsp3) is 0.364. The summed E-state index contributed by atoms with van der Waals surface area (Å²) in [6, 6.07) is 0. The van der Waals surface area contributed by atoms with Crippen LogP contribution in [0.1, 0.15) is 13.3 Å². The molecule has 3 heteroatoms. The minimum atomic E-state index is -0.547. The van der Waals surface area contributed by atoms with Crippen molar-refractivity contribution in [3.8, 4) is 0 Å². The Hall–Kier alpha value is -1.35. The largest absolute Gasteiger partial charge is 0.444 e. The van der Waals surface area contributed by atoms with Crippen LogP contribution >= 0.6 is 0 Å². The number of hydrogen-bond donors (Lipinski definition) is 1. The number of esters is 1. The Kier molecular flexibility index (Phi) is 4.13. The average molecular weight is 193 g/mol. The van der Waals surface area contributed by atoms with Crippen LogP contribution in [0.5, 0.6) is 0 Å². The quantitative estimate of drug-likeness (QED) is 0.420. The van der Waals surface area contributed by atoms with Crippen LogP contribution in [0.4, 0.5) is 0 Å². The molecule has 0 aromatic carbocycles. The molecule has 0 saturated carbocycles. The van der Waals surface area contributed by atoms with Gasteiger partial charge < -0.3 is 4.74 Å². The summed E-state index contributed by atoms with van der Waals surface area (Å²) in [5, 5.41) is 0. The number of rotatable bonds is 3. The van der Waals surface area contributed by atoms with Crippen molar-refractivity contribution in [2.45, 2.75) is 19.6 Å². The van der Waals surface area contributed by atoms with Gasteiger partial charge >= 0.3 is 5.97 Å². The third kappa shape index (κ3) is 4.05. The van der Waals surface area contributed by atoms with Crippen molar-refractivity contribution in [3.05, 3.63) is 36.5 Å². The zero-order valence-electron chi connectivity index (χ0n) is 8.22. The van der Waals surface area contributed by atoms with E-state index in [0.717, 1.165) is 6.42 Å². The monoisotopic (exact) mass is 193 g/mol. The van der Waals surface area contributed by atoms with Crippen molar-refractivity contribution in [2.24, 2.45) is 11.7 Å². The number of hydrogen-bond acceptors (Lipinski definition) is 3. The van der Waals surface area contributed by atoms with Crippen LogP contribution in [0.25, 0.3) is 0 Å². The van der Waals surface area contributed by atoms with E-state index < -0.39 is 6.23 Å². The molecule has 2 atom stereocenters. The van der Waals surface area contributed by atoms with Gasteiger partial charge in [-0.2, -0.15) is 0 Å². The van der Waals surface area contributed by atoms with E-state index in [1.807, 2.05) is 24.3 Å². The third-order valence-corrected chi connectivity index (χ3v) is 1.80. The van der Waals surface area contributed by atoms with Gasteiger partial charge in [0, 0.05) is 6.08 Å². The number of allylic oxidation sites excluding steroid dienone is 5. The van der Waals surface area contributed by atoms with Gasteiger partial charge in [0.2, 0.25) is 0 Å². The summed E-state index contributed by atoms with van der Waals surface area (Å²) < 4.78 is 4.75. The molecule has 0 aromatic rings. The van der Waals surface area contributed by atoms with Crippen molar-refractivity contribution >= 4 is 5.97 Å². The summed E-state index contributed by atoms with van der Waals surface area (Å²) in [6.45, 7) is 1.62. The van der Waals surface area contributed by atoms with E-state index in [1.165, 1.54) is 6.08 Å². The van der Waals surface area contributed by atoms with Gasteiger partial charge in [-0.3, -0.25) is 5.73 Å². The van der Waals surface area contributed by atoms with E-state index in [1.54, 1.807) is 6.92 Å². The first-order chi connectivity index (χ1) is 6.68. The molecule has 1 aliphatic rings. The first-order valence-electron chi connectivity index (χ1n) is 4.66. The molecule has 0 spiro atoms. The smallest absolute Gasteiger partial charge is 0.331 e. The SMILES string of the molecule is CC(N)OC(=O)/C=C/C1C=CC=CC1. The number of carbonyl (C=O) groups excluding carboxylic acids is 1. The van der Waals surface area contributed by atoms with Crippen molar-refractivity contribution < 1.29 is 9.53 Å². The highest BCUT2D eigenvalue weighted by atomic mass is 16.5. The average Bonchev–Trinajstić information content (AvgIpc) is 2.15. The second-order valence-electron chi connectivity index (χ2n) is 3.21. The van der Waals surface area contributed by atoms with Crippen LogP contribution in [0.15, 0.2) is 36.5 Å². The van der Waals surface area contributed by atoms with Gasteiger partial charge in [0.15, 0.2) is 0 Å². The summed E-state index contributed by atoms with van der Waals surface area (Å²) in [5.74, 6) is -0.0939. The molecule has 0 aliphatic heterocycles. The Morgan fingerprint density at radius 2 is 2.43 bits per heavy atom. The van der Waals surface area contributed by atoms with Crippen LogP contribution in [0, 0.1) is 5.92 Å². The van der Waals surface area contributed by atoms with E-state index >= 15 is 0 Å². The van der Waals surface area contributed by atoms with Gasteiger partial charge in [0.05, 0.1) is 0 Å². The molecule has 2 unspecified atom stereocenters. The highest BCUT2D eigenvalue weighted by Gasteiger charge is 2.03. The third-order valence-electron chi connectivity index (χ3n) is 1.80. The van der Waals surface area contributed by atoms with Crippen LogP contribution in [0.3, 0.4) is 0 Å². The zero-order chi connectivity index (χ0) is 10.4. The molecule has 76 valence electrons. The summed E-state index contributed by atoms with van der Waals surface area (Å²) >= 11 is 0. The molecule has 0 amide bonds. The lowest BCUT2D eigenvalue weighted by atomic mass is 10.0. The Labute approximate surface area is 83.9 Å². The summed E-state index contributed by atoms with van der Waals surface area (Å²) in [6.07, 6.45) is 11.7. The minimum Gasteiger partial charge on any atom is -0.444 e. The predicted molar refractivity (Wildman–Crippen MR) is 55.3 cm³/mol. The maximum atomic E-state index is 11.1.